The number of rotatable bonds is 2. The predicted octanol–water partition coefficient (Wildman–Crippen LogP) is 1.32. The summed E-state index contributed by atoms with van der Waals surface area (Å²) in [7, 11) is 0. The topological polar surface area (TPSA) is 114 Å². The number of aliphatic hydroxyl groups is 2. The molecule has 0 unspecified atom stereocenters. The van der Waals surface area contributed by atoms with E-state index in [1.165, 1.54) is 12.1 Å². The molecule has 1 aromatic rings. The van der Waals surface area contributed by atoms with Crippen molar-refractivity contribution in [1.82, 2.24) is 0 Å². The van der Waals surface area contributed by atoms with Gasteiger partial charge in [0.05, 0.1) is 17.5 Å². The molecule has 1 atom stereocenters. The Morgan fingerprint density at radius 1 is 1.32 bits per heavy atom. The van der Waals surface area contributed by atoms with Crippen LogP contribution in [0.4, 0.5) is 5.69 Å². The third-order valence-corrected chi connectivity index (χ3v) is 2.93. The maximum absolute atomic E-state index is 12.0. The normalized spacial score (nSPS) is 19.4. The van der Waals surface area contributed by atoms with Gasteiger partial charge in [-0.1, -0.05) is 12.1 Å². The number of amides is 1. The predicted molar refractivity (Wildman–Crippen MR) is 69.4 cm³/mol. The summed E-state index contributed by atoms with van der Waals surface area (Å²) in [6, 6.07) is 6.14. The third-order valence-electron chi connectivity index (χ3n) is 2.93. The SMILES string of the molecule is N=C1C(C(=O)Nc2ccccc2O)=C(O)CC[C@@H]1O. The molecule has 5 N–H and O–H groups in total. The van der Waals surface area contributed by atoms with Crippen molar-refractivity contribution in [3.8, 4) is 5.75 Å². The highest BCUT2D eigenvalue weighted by atomic mass is 16.3. The monoisotopic (exact) mass is 262 g/mol. The molecule has 0 fully saturated rings. The minimum absolute atomic E-state index is 0.112. The summed E-state index contributed by atoms with van der Waals surface area (Å²) in [6.45, 7) is 0. The number of para-hydroxylation sites is 2. The molecule has 6 nitrogen and oxygen atoms in total. The van der Waals surface area contributed by atoms with Crippen LogP contribution >= 0.6 is 0 Å². The summed E-state index contributed by atoms with van der Waals surface area (Å²) in [6.07, 6.45) is -0.688. The van der Waals surface area contributed by atoms with E-state index < -0.39 is 12.0 Å². The molecule has 6 heteroatoms. The Morgan fingerprint density at radius 2 is 2.00 bits per heavy atom. The molecule has 0 saturated heterocycles. The first-order valence-electron chi connectivity index (χ1n) is 5.79. The fourth-order valence-electron chi connectivity index (χ4n) is 1.88. The fourth-order valence-corrected chi connectivity index (χ4v) is 1.88. The van der Waals surface area contributed by atoms with Crippen LogP contribution in [0.3, 0.4) is 0 Å². The molecule has 0 aromatic heterocycles. The molecule has 19 heavy (non-hydrogen) atoms. The lowest BCUT2D eigenvalue weighted by atomic mass is 9.92. The average Bonchev–Trinajstić information content (AvgIpc) is 2.37. The van der Waals surface area contributed by atoms with Crippen molar-refractivity contribution in [3.63, 3.8) is 0 Å². The van der Waals surface area contributed by atoms with E-state index in [1.54, 1.807) is 12.1 Å². The van der Waals surface area contributed by atoms with Crippen LogP contribution in [-0.4, -0.2) is 33.0 Å². The van der Waals surface area contributed by atoms with Crippen LogP contribution in [0.1, 0.15) is 12.8 Å². The van der Waals surface area contributed by atoms with Gasteiger partial charge in [-0.3, -0.25) is 4.79 Å². The molecule has 0 saturated carbocycles. The summed E-state index contributed by atoms with van der Waals surface area (Å²) in [5, 5.41) is 38.8. The van der Waals surface area contributed by atoms with Crippen LogP contribution in [0.15, 0.2) is 35.6 Å². The minimum atomic E-state index is -1.05. The highest BCUT2D eigenvalue weighted by Gasteiger charge is 2.30. The Hall–Kier alpha value is -2.34. The molecule has 0 heterocycles. The summed E-state index contributed by atoms with van der Waals surface area (Å²) < 4.78 is 0. The van der Waals surface area contributed by atoms with Crippen molar-refractivity contribution < 1.29 is 20.1 Å². The molecule has 0 bridgehead atoms. The van der Waals surface area contributed by atoms with Crippen molar-refractivity contribution in [2.45, 2.75) is 18.9 Å². The highest BCUT2D eigenvalue weighted by molar-refractivity contribution is 6.26. The average molecular weight is 262 g/mol. The van der Waals surface area contributed by atoms with Gasteiger partial charge in [0.25, 0.3) is 5.91 Å². The van der Waals surface area contributed by atoms with Crippen molar-refractivity contribution >= 4 is 17.3 Å². The molecule has 0 radical (unpaired) electrons. The minimum Gasteiger partial charge on any atom is -0.511 e. The van der Waals surface area contributed by atoms with E-state index in [0.717, 1.165) is 0 Å². The number of phenolic OH excluding ortho intramolecular Hbond substituents is 1. The number of allylic oxidation sites excluding steroid dienone is 1. The van der Waals surface area contributed by atoms with Crippen LogP contribution in [0.25, 0.3) is 0 Å². The van der Waals surface area contributed by atoms with Gasteiger partial charge < -0.3 is 26.0 Å². The molecule has 1 aliphatic rings. The van der Waals surface area contributed by atoms with E-state index in [-0.39, 0.29) is 41.3 Å². The lowest BCUT2D eigenvalue weighted by Crippen LogP contribution is -2.33. The largest absolute Gasteiger partial charge is 0.511 e. The Bertz CT molecular complexity index is 566. The number of hydrogen-bond acceptors (Lipinski definition) is 5. The first-order chi connectivity index (χ1) is 9.00. The van der Waals surface area contributed by atoms with Crippen LogP contribution in [0.5, 0.6) is 5.75 Å². The fraction of sp³-hybridized carbons (Fsp3) is 0.231. The van der Waals surface area contributed by atoms with Gasteiger partial charge in [-0.25, -0.2) is 0 Å². The zero-order valence-electron chi connectivity index (χ0n) is 10.1. The third kappa shape index (κ3) is 2.58. The number of aliphatic hydroxyl groups excluding tert-OH is 2. The zero-order chi connectivity index (χ0) is 14.0. The van der Waals surface area contributed by atoms with Crippen LogP contribution in [0, 0.1) is 5.41 Å². The molecule has 0 spiro atoms. The molecule has 100 valence electrons. The van der Waals surface area contributed by atoms with E-state index >= 15 is 0 Å². The number of carbonyl (C=O) groups is 1. The van der Waals surface area contributed by atoms with Crippen molar-refractivity contribution in [2.75, 3.05) is 5.32 Å². The van der Waals surface area contributed by atoms with E-state index in [1.807, 2.05) is 0 Å². The summed E-state index contributed by atoms with van der Waals surface area (Å²) >= 11 is 0. The van der Waals surface area contributed by atoms with Crippen LogP contribution in [0.2, 0.25) is 0 Å². The highest BCUT2D eigenvalue weighted by Crippen LogP contribution is 2.25. The van der Waals surface area contributed by atoms with E-state index in [0.29, 0.717) is 0 Å². The summed E-state index contributed by atoms with van der Waals surface area (Å²) in [4.78, 5) is 12.0. The lowest BCUT2D eigenvalue weighted by molar-refractivity contribution is -0.112. The second-order valence-corrected chi connectivity index (χ2v) is 4.26. The molecule has 0 aliphatic heterocycles. The molecule has 1 aliphatic carbocycles. The van der Waals surface area contributed by atoms with Gasteiger partial charge in [-0.15, -0.1) is 0 Å². The number of nitrogens with one attached hydrogen (secondary N) is 2. The van der Waals surface area contributed by atoms with Gasteiger partial charge in [-0.2, -0.15) is 0 Å². The first-order valence-corrected chi connectivity index (χ1v) is 5.79. The molecular weight excluding hydrogens is 248 g/mol. The van der Waals surface area contributed by atoms with E-state index in [4.69, 9.17) is 5.41 Å². The maximum Gasteiger partial charge on any atom is 0.261 e. The Kier molecular flexibility index (Phi) is 3.52. The Morgan fingerprint density at radius 3 is 2.68 bits per heavy atom. The summed E-state index contributed by atoms with van der Waals surface area (Å²) in [5.41, 5.74) is -0.362. The number of anilines is 1. The Balaban J connectivity index is 2.25. The first kappa shape index (κ1) is 13.1. The summed E-state index contributed by atoms with van der Waals surface area (Å²) in [5.74, 6) is -1.05. The van der Waals surface area contributed by atoms with Crippen molar-refractivity contribution in [1.29, 1.82) is 5.41 Å². The van der Waals surface area contributed by atoms with Gasteiger partial charge >= 0.3 is 0 Å². The molecule has 1 amide bonds. The molecular formula is C13H14N2O4. The smallest absolute Gasteiger partial charge is 0.261 e. The van der Waals surface area contributed by atoms with E-state index in [2.05, 4.69) is 5.32 Å². The van der Waals surface area contributed by atoms with Gasteiger partial charge in [-0.05, 0) is 18.6 Å². The van der Waals surface area contributed by atoms with Gasteiger partial charge in [0, 0.05) is 6.42 Å². The second kappa shape index (κ2) is 5.11. The van der Waals surface area contributed by atoms with Crippen LogP contribution in [-0.2, 0) is 4.79 Å². The quantitative estimate of drug-likeness (QED) is 0.517. The molecule has 1 aromatic carbocycles. The maximum atomic E-state index is 12.0. The number of phenols is 1. The lowest BCUT2D eigenvalue weighted by Gasteiger charge is -2.21. The number of aromatic hydroxyl groups is 1. The Labute approximate surface area is 109 Å². The standard InChI is InChI=1S/C13H14N2O4/c14-12-10(18)6-5-9(17)11(12)13(19)15-7-3-1-2-4-8(7)16/h1-4,10,14,16-18H,5-6H2,(H,15,19)/t10-/m0/s1. The second-order valence-electron chi connectivity index (χ2n) is 4.26. The van der Waals surface area contributed by atoms with Gasteiger partial charge in [0.2, 0.25) is 0 Å². The van der Waals surface area contributed by atoms with Gasteiger partial charge in [0.15, 0.2) is 0 Å². The van der Waals surface area contributed by atoms with E-state index in [9.17, 15) is 20.1 Å². The molecule has 2 rings (SSSR count). The number of hydrogen-bond donors (Lipinski definition) is 5. The van der Waals surface area contributed by atoms with Gasteiger partial charge in [0.1, 0.15) is 17.1 Å². The van der Waals surface area contributed by atoms with Crippen molar-refractivity contribution in [2.24, 2.45) is 0 Å². The zero-order valence-corrected chi connectivity index (χ0v) is 10.1. The van der Waals surface area contributed by atoms with Crippen LogP contribution < -0.4 is 5.32 Å². The number of carbonyl (C=O) groups excluding carboxylic acids is 1. The van der Waals surface area contributed by atoms with Crippen molar-refractivity contribution in [3.05, 3.63) is 35.6 Å². The number of benzene rings is 1.